The van der Waals surface area contributed by atoms with Crippen LogP contribution in [0.3, 0.4) is 0 Å². The maximum atomic E-state index is 11.5. The minimum Gasteiger partial charge on any atom is -0.381 e. The van der Waals surface area contributed by atoms with Gasteiger partial charge in [-0.2, -0.15) is 0 Å². The van der Waals surface area contributed by atoms with Gasteiger partial charge < -0.3 is 15.8 Å². The van der Waals surface area contributed by atoms with Crippen LogP contribution in [0.2, 0.25) is 0 Å². The summed E-state index contributed by atoms with van der Waals surface area (Å²) in [5, 5.41) is 2.94. The molecule has 1 rings (SSSR count). The van der Waals surface area contributed by atoms with Gasteiger partial charge in [-0.1, -0.05) is 6.92 Å². The molecule has 0 aromatic rings. The predicted octanol–water partition coefficient (Wildman–Crippen LogP) is 0.514. The molecule has 88 valence electrons. The molecule has 1 aliphatic heterocycles. The topological polar surface area (TPSA) is 64.3 Å². The van der Waals surface area contributed by atoms with Crippen LogP contribution in [0.4, 0.5) is 0 Å². The summed E-state index contributed by atoms with van der Waals surface area (Å²) < 4.78 is 5.16. The summed E-state index contributed by atoms with van der Waals surface area (Å²) in [6, 6.07) is 0. The van der Waals surface area contributed by atoms with E-state index < -0.39 is 0 Å². The molecule has 0 bridgehead atoms. The van der Waals surface area contributed by atoms with E-state index in [-0.39, 0.29) is 11.8 Å². The summed E-state index contributed by atoms with van der Waals surface area (Å²) in [5.41, 5.74) is 5.51. The summed E-state index contributed by atoms with van der Waals surface area (Å²) in [4.78, 5) is 11.5. The van der Waals surface area contributed by atoms with Crippen LogP contribution in [0.25, 0.3) is 0 Å². The Labute approximate surface area is 91.5 Å². The van der Waals surface area contributed by atoms with Crippen molar-refractivity contribution in [1.29, 1.82) is 0 Å². The molecule has 2 unspecified atom stereocenters. The van der Waals surface area contributed by atoms with Gasteiger partial charge in [-0.25, -0.2) is 0 Å². The Balaban J connectivity index is 2.01. The van der Waals surface area contributed by atoms with E-state index in [0.29, 0.717) is 12.5 Å². The van der Waals surface area contributed by atoms with Crippen LogP contribution in [0, 0.1) is 11.8 Å². The van der Waals surface area contributed by atoms with Crippen molar-refractivity contribution in [3.8, 4) is 0 Å². The second kappa shape index (κ2) is 6.80. The zero-order chi connectivity index (χ0) is 11.1. The number of hydrogen-bond donors (Lipinski definition) is 2. The van der Waals surface area contributed by atoms with E-state index in [9.17, 15) is 4.79 Å². The molecule has 1 aliphatic rings. The lowest BCUT2D eigenvalue weighted by Crippen LogP contribution is -2.31. The molecular weight excluding hydrogens is 192 g/mol. The maximum Gasteiger partial charge on any atom is 0.225 e. The van der Waals surface area contributed by atoms with Crippen LogP contribution in [0.5, 0.6) is 0 Å². The van der Waals surface area contributed by atoms with E-state index in [1.54, 1.807) is 0 Å². The lowest BCUT2D eigenvalue weighted by molar-refractivity contribution is -0.124. The van der Waals surface area contributed by atoms with Gasteiger partial charge in [-0.05, 0) is 31.7 Å². The SMILES string of the molecule is CC(CN)CCCNC(=O)C1CCOC1. The smallest absolute Gasteiger partial charge is 0.225 e. The molecule has 0 spiro atoms. The van der Waals surface area contributed by atoms with Gasteiger partial charge in [-0.15, -0.1) is 0 Å². The lowest BCUT2D eigenvalue weighted by atomic mass is 10.1. The first-order chi connectivity index (χ1) is 7.24. The van der Waals surface area contributed by atoms with Crippen molar-refractivity contribution in [1.82, 2.24) is 5.32 Å². The summed E-state index contributed by atoms with van der Waals surface area (Å²) in [5.74, 6) is 0.779. The third kappa shape index (κ3) is 4.62. The molecule has 4 nitrogen and oxygen atoms in total. The van der Waals surface area contributed by atoms with Crippen molar-refractivity contribution in [2.24, 2.45) is 17.6 Å². The highest BCUT2D eigenvalue weighted by Crippen LogP contribution is 2.12. The third-order valence-electron chi connectivity index (χ3n) is 2.88. The first kappa shape index (κ1) is 12.5. The van der Waals surface area contributed by atoms with Gasteiger partial charge in [0.25, 0.3) is 0 Å². The van der Waals surface area contributed by atoms with Crippen molar-refractivity contribution in [2.75, 3.05) is 26.3 Å². The highest BCUT2D eigenvalue weighted by molar-refractivity contribution is 5.78. The molecule has 1 fully saturated rings. The Morgan fingerprint density at radius 2 is 2.47 bits per heavy atom. The highest BCUT2D eigenvalue weighted by Gasteiger charge is 2.22. The van der Waals surface area contributed by atoms with E-state index in [1.165, 1.54) is 0 Å². The average molecular weight is 214 g/mol. The second-order valence-electron chi connectivity index (χ2n) is 4.33. The van der Waals surface area contributed by atoms with Gasteiger partial charge in [0.15, 0.2) is 0 Å². The van der Waals surface area contributed by atoms with Crippen LogP contribution < -0.4 is 11.1 Å². The van der Waals surface area contributed by atoms with E-state index in [2.05, 4.69) is 12.2 Å². The van der Waals surface area contributed by atoms with E-state index >= 15 is 0 Å². The van der Waals surface area contributed by atoms with Gasteiger partial charge in [0.2, 0.25) is 5.91 Å². The van der Waals surface area contributed by atoms with E-state index in [1.807, 2.05) is 0 Å². The molecule has 0 saturated carbocycles. The summed E-state index contributed by atoms with van der Waals surface area (Å²) in [6.45, 7) is 4.93. The fraction of sp³-hybridized carbons (Fsp3) is 0.909. The van der Waals surface area contributed by atoms with Gasteiger partial charge in [0, 0.05) is 13.2 Å². The van der Waals surface area contributed by atoms with Crippen LogP contribution in [-0.2, 0) is 9.53 Å². The number of carbonyl (C=O) groups excluding carboxylic acids is 1. The molecule has 0 aromatic carbocycles. The van der Waals surface area contributed by atoms with Crippen molar-refractivity contribution >= 4 is 5.91 Å². The van der Waals surface area contributed by atoms with E-state index in [0.717, 1.165) is 39.0 Å². The quantitative estimate of drug-likeness (QED) is 0.633. The largest absolute Gasteiger partial charge is 0.381 e. The molecule has 15 heavy (non-hydrogen) atoms. The second-order valence-corrected chi connectivity index (χ2v) is 4.33. The molecule has 0 aliphatic carbocycles. The first-order valence-electron chi connectivity index (χ1n) is 5.79. The van der Waals surface area contributed by atoms with Crippen molar-refractivity contribution in [3.63, 3.8) is 0 Å². The summed E-state index contributed by atoms with van der Waals surface area (Å²) in [7, 11) is 0. The minimum atomic E-state index is 0.0805. The number of hydrogen-bond acceptors (Lipinski definition) is 3. The first-order valence-corrected chi connectivity index (χ1v) is 5.79. The maximum absolute atomic E-state index is 11.5. The molecule has 0 aromatic heterocycles. The number of carbonyl (C=O) groups is 1. The van der Waals surface area contributed by atoms with Crippen molar-refractivity contribution in [3.05, 3.63) is 0 Å². The Kier molecular flexibility index (Phi) is 5.65. The monoisotopic (exact) mass is 214 g/mol. The molecular formula is C11H22N2O2. The average Bonchev–Trinajstić information content (AvgIpc) is 2.77. The number of nitrogens with two attached hydrogens (primary N) is 1. The van der Waals surface area contributed by atoms with Crippen molar-refractivity contribution < 1.29 is 9.53 Å². The Morgan fingerprint density at radius 1 is 1.67 bits per heavy atom. The normalized spacial score (nSPS) is 22.7. The fourth-order valence-corrected chi connectivity index (χ4v) is 1.67. The molecule has 1 amide bonds. The Hall–Kier alpha value is -0.610. The zero-order valence-corrected chi connectivity index (χ0v) is 9.50. The number of nitrogens with one attached hydrogen (secondary N) is 1. The fourth-order valence-electron chi connectivity index (χ4n) is 1.67. The van der Waals surface area contributed by atoms with Crippen molar-refractivity contribution in [2.45, 2.75) is 26.2 Å². The van der Waals surface area contributed by atoms with Gasteiger partial charge in [0.1, 0.15) is 0 Å². The molecule has 4 heteroatoms. The predicted molar refractivity (Wildman–Crippen MR) is 59.4 cm³/mol. The lowest BCUT2D eigenvalue weighted by Gasteiger charge is -2.11. The molecule has 2 atom stereocenters. The molecule has 1 heterocycles. The summed E-state index contributed by atoms with van der Waals surface area (Å²) in [6.07, 6.45) is 2.96. The number of rotatable bonds is 6. The van der Waals surface area contributed by atoms with Gasteiger partial charge in [-0.3, -0.25) is 4.79 Å². The molecule has 1 saturated heterocycles. The summed E-state index contributed by atoms with van der Waals surface area (Å²) >= 11 is 0. The zero-order valence-electron chi connectivity index (χ0n) is 9.50. The number of amides is 1. The van der Waals surface area contributed by atoms with Crippen LogP contribution >= 0.6 is 0 Å². The van der Waals surface area contributed by atoms with Crippen LogP contribution in [-0.4, -0.2) is 32.2 Å². The Morgan fingerprint density at radius 3 is 3.07 bits per heavy atom. The standard InChI is InChI=1S/C11H22N2O2/c1-9(7-12)3-2-5-13-11(14)10-4-6-15-8-10/h9-10H,2-8,12H2,1H3,(H,13,14). The third-order valence-corrected chi connectivity index (χ3v) is 2.88. The van der Waals surface area contributed by atoms with Crippen LogP contribution in [0.15, 0.2) is 0 Å². The molecule has 3 N–H and O–H groups in total. The van der Waals surface area contributed by atoms with Gasteiger partial charge in [0.05, 0.1) is 12.5 Å². The minimum absolute atomic E-state index is 0.0805. The highest BCUT2D eigenvalue weighted by atomic mass is 16.5. The molecule has 0 radical (unpaired) electrons. The number of ether oxygens (including phenoxy) is 1. The van der Waals surface area contributed by atoms with E-state index in [4.69, 9.17) is 10.5 Å². The Bertz CT molecular complexity index is 191. The van der Waals surface area contributed by atoms with Gasteiger partial charge >= 0.3 is 0 Å². The van der Waals surface area contributed by atoms with Crippen LogP contribution in [0.1, 0.15) is 26.2 Å².